The van der Waals surface area contributed by atoms with Gasteiger partial charge in [0.2, 0.25) is 5.91 Å². The number of amides is 1. The Bertz CT molecular complexity index is 372. The molecule has 0 aliphatic carbocycles. The molecule has 17 heavy (non-hydrogen) atoms. The van der Waals surface area contributed by atoms with Gasteiger partial charge < -0.3 is 10.1 Å². The van der Waals surface area contributed by atoms with Crippen molar-refractivity contribution in [2.45, 2.75) is 31.8 Å². The van der Waals surface area contributed by atoms with Crippen LogP contribution in [0.2, 0.25) is 5.02 Å². The molecule has 4 heteroatoms. The van der Waals surface area contributed by atoms with Crippen LogP contribution in [0.1, 0.15) is 25.7 Å². The van der Waals surface area contributed by atoms with Gasteiger partial charge in [0.1, 0.15) is 0 Å². The Morgan fingerprint density at radius 3 is 2.76 bits per heavy atom. The van der Waals surface area contributed by atoms with E-state index in [-0.39, 0.29) is 12.0 Å². The van der Waals surface area contributed by atoms with Crippen molar-refractivity contribution in [3.63, 3.8) is 0 Å². The van der Waals surface area contributed by atoms with E-state index < -0.39 is 0 Å². The van der Waals surface area contributed by atoms with Gasteiger partial charge in [0, 0.05) is 17.3 Å². The summed E-state index contributed by atoms with van der Waals surface area (Å²) in [6.07, 6.45) is 3.75. The summed E-state index contributed by atoms with van der Waals surface area (Å²) < 4.78 is 5.52. The molecule has 0 spiro atoms. The predicted octanol–water partition coefficient (Wildman–Crippen LogP) is 3.24. The van der Waals surface area contributed by atoms with Gasteiger partial charge in [0.05, 0.1) is 12.5 Å². The molecule has 1 aliphatic rings. The highest BCUT2D eigenvalue weighted by Gasteiger charge is 2.17. The normalized spacial score (nSPS) is 19.9. The van der Waals surface area contributed by atoms with E-state index in [1.54, 1.807) is 24.3 Å². The molecule has 1 unspecified atom stereocenters. The molecule has 2 rings (SSSR count). The third kappa shape index (κ3) is 4.02. The second kappa shape index (κ2) is 6.03. The minimum absolute atomic E-state index is 0.000720. The summed E-state index contributed by atoms with van der Waals surface area (Å²) in [5.74, 6) is -0.000720. The number of halogens is 1. The van der Waals surface area contributed by atoms with Gasteiger partial charge in [-0.25, -0.2) is 0 Å². The molecule has 0 bridgehead atoms. The maximum Gasteiger partial charge on any atom is 0.226 e. The van der Waals surface area contributed by atoms with Crippen LogP contribution < -0.4 is 5.32 Å². The zero-order valence-electron chi connectivity index (χ0n) is 9.62. The minimum atomic E-state index is -0.000720. The monoisotopic (exact) mass is 253 g/mol. The summed E-state index contributed by atoms with van der Waals surface area (Å²) >= 11 is 5.77. The first-order valence-electron chi connectivity index (χ1n) is 5.91. The van der Waals surface area contributed by atoms with Crippen LogP contribution in [-0.4, -0.2) is 18.6 Å². The van der Waals surface area contributed by atoms with E-state index in [4.69, 9.17) is 16.3 Å². The molecule has 1 heterocycles. The van der Waals surface area contributed by atoms with Crippen molar-refractivity contribution in [2.75, 3.05) is 11.9 Å². The average molecular weight is 254 g/mol. The van der Waals surface area contributed by atoms with Gasteiger partial charge in [-0.15, -0.1) is 0 Å². The van der Waals surface area contributed by atoms with Crippen LogP contribution in [0.3, 0.4) is 0 Å². The summed E-state index contributed by atoms with van der Waals surface area (Å²) in [6, 6.07) is 7.10. The molecule has 92 valence electrons. The molecule has 0 aromatic heterocycles. The Hall–Kier alpha value is -1.06. The van der Waals surface area contributed by atoms with E-state index in [1.165, 1.54) is 0 Å². The number of carbonyl (C=O) groups is 1. The molecule has 3 nitrogen and oxygen atoms in total. The molecule has 0 saturated carbocycles. The lowest BCUT2D eigenvalue weighted by Gasteiger charge is -2.21. The summed E-state index contributed by atoms with van der Waals surface area (Å²) in [7, 11) is 0. The molecule has 1 N–H and O–H groups in total. The molecular formula is C13H16ClNO2. The fourth-order valence-electron chi connectivity index (χ4n) is 1.92. The maximum absolute atomic E-state index is 11.7. The molecule has 1 aromatic carbocycles. The second-order valence-corrected chi connectivity index (χ2v) is 4.68. The third-order valence-corrected chi connectivity index (χ3v) is 3.07. The minimum Gasteiger partial charge on any atom is -0.378 e. The fraction of sp³-hybridized carbons (Fsp3) is 0.462. The molecule has 1 saturated heterocycles. The first-order valence-corrected chi connectivity index (χ1v) is 6.29. The Kier molecular flexibility index (Phi) is 4.40. The van der Waals surface area contributed by atoms with Crippen LogP contribution in [0.25, 0.3) is 0 Å². The Labute approximate surface area is 106 Å². The van der Waals surface area contributed by atoms with Crippen molar-refractivity contribution in [2.24, 2.45) is 0 Å². The highest BCUT2D eigenvalue weighted by Crippen LogP contribution is 2.17. The smallest absolute Gasteiger partial charge is 0.226 e. The molecule has 1 fully saturated rings. The van der Waals surface area contributed by atoms with Gasteiger partial charge in [-0.1, -0.05) is 11.6 Å². The topological polar surface area (TPSA) is 38.3 Å². The molecule has 1 amide bonds. The van der Waals surface area contributed by atoms with Crippen molar-refractivity contribution in [1.29, 1.82) is 0 Å². The van der Waals surface area contributed by atoms with Gasteiger partial charge in [0.15, 0.2) is 0 Å². The zero-order chi connectivity index (χ0) is 12.1. The highest BCUT2D eigenvalue weighted by molar-refractivity contribution is 6.30. The number of benzene rings is 1. The van der Waals surface area contributed by atoms with E-state index in [0.29, 0.717) is 11.4 Å². The summed E-state index contributed by atoms with van der Waals surface area (Å²) in [5, 5.41) is 3.50. The number of hydrogen-bond acceptors (Lipinski definition) is 2. The van der Waals surface area contributed by atoms with Crippen LogP contribution in [0.5, 0.6) is 0 Å². The number of hydrogen-bond donors (Lipinski definition) is 1. The van der Waals surface area contributed by atoms with Crippen molar-refractivity contribution in [1.82, 2.24) is 0 Å². The quantitative estimate of drug-likeness (QED) is 0.898. The van der Waals surface area contributed by atoms with Gasteiger partial charge in [-0.2, -0.15) is 0 Å². The van der Waals surface area contributed by atoms with Gasteiger partial charge in [-0.05, 0) is 43.5 Å². The van der Waals surface area contributed by atoms with Crippen molar-refractivity contribution >= 4 is 23.2 Å². The summed E-state index contributed by atoms with van der Waals surface area (Å²) in [4.78, 5) is 11.7. The first-order chi connectivity index (χ1) is 8.24. The van der Waals surface area contributed by atoms with E-state index in [9.17, 15) is 4.79 Å². The van der Waals surface area contributed by atoms with Crippen LogP contribution >= 0.6 is 11.6 Å². The standard InChI is InChI=1S/C13H16ClNO2/c14-10-4-6-11(7-5-10)15-13(16)9-12-3-1-2-8-17-12/h4-7,12H,1-3,8-9H2,(H,15,16). The summed E-state index contributed by atoms with van der Waals surface area (Å²) in [6.45, 7) is 0.777. The third-order valence-electron chi connectivity index (χ3n) is 2.82. The van der Waals surface area contributed by atoms with E-state index in [2.05, 4.69) is 5.32 Å². The van der Waals surface area contributed by atoms with Crippen molar-refractivity contribution < 1.29 is 9.53 Å². The van der Waals surface area contributed by atoms with Crippen molar-refractivity contribution in [3.8, 4) is 0 Å². The van der Waals surface area contributed by atoms with Gasteiger partial charge >= 0.3 is 0 Å². The lowest BCUT2D eigenvalue weighted by atomic mass is 10.1. The molecule has 1 aromatic rings. The predicted molar refractivity (Wildman–Crippen MR) is 68.3 cm³/mol. The molecular weight excluding hydrogens is 238 g/mol. The van der Waals surface area contributed by atoms with E-state index in [0.717, 1.165) is 31.6 Å². The van der Waals surface area contributed by atoms with Crippen LogP contribution in [0.15, 0.2) is 24.3 Å². The highest BCUT2D eigenvalue weighted by atomic mass is 35.5. The first kappa shape index (κ1) is 12.4. The molecule has 1 aliphatic heterocycles. The number of anilines is 1. The molecule has 0 radical (unpaired) electrons. The number of ether oxygens (including phenoxy) is 1. The molecule has 1 atom stereocenters. The Morgan fingerprint density at radius 2 is 2.12 bits per heavy atom. The second-order valence-electron chi connectivity index (χ2n) is 4.25. The number of carbonyl (C=O) groups excluding carboxylic acids is 1. The van der Waals surface area contributed by atoms with Crippen LogP contribution in [0.4, 0.5) is 5.69 Å². The Balaban J connectivity index is 1.82. The van der Waals surface area contributed by atoms with Gasteiger partial charge in [-0.3, -0.25) is 4.79 Å². The summed E-state index contributed by atoms with van der Waals surface area (Å²) in [5.41, 5.74) is 0.773. The van der Waals surface area contributed by atoms with Crippen LogP contribution in [0, 0.1) is 0 Å². The van der Waals surface area contributed by atoms with Crippen molar-refractivity contribution in [3.05, 3.63) is 29.3 Å². The van der Waals surface area contributed by atoms with Crippen LogP contribution in [-0.2, 0) is 9.53 Å². The lowest BCUT2D eigenvalue weighted by molar-refractivity contribution is -0.119. The largest absolute Gasteiger partial charge is 0.378 e. The average Bonchev–Trinajstić information content (AvgIpc) is 2.33. The van der Waals surface area contributed by atoms with E-state index in [1.807, 2.05) is 0 Å². The van der Waals surface area contributed by atoms with E-state index >= 15 is 0 Å². The SMILES string of the molecule is O=C(CC1CCCCO1)Nc1ccc(Cl)cc1. The maximum atomic E-state index is 11.7. The zero-order valence-corrected chi connectivity index (χ0v) is 10.4. The Morgan fingerprint density at radius 1 is 1.35 bits per heavy atom. The lowest BCUT2D eigenvalue weighted by Crippen LogP contribution is -2.25. The van der Waals surface area contributed by atoms with Gasteiger partial charge in [0.25, 0.3) is 0 Å². The fourth-order valence-corrected chi connectivity index (χ4v) is 2.05. The number of rotatable bonds is 3. The number of nitrogens with one attached hydrogen (secondary N) is 1.